The molecular weight excluding hydrogens is 783 g/mol. The molecule has 3 heterocycles. The summed E-state index contributed by atoms with van der Waals surface area (Å²) in [7, 11) is 1.67. The first-order valence-electron chi connectivity index (χ1n) is 20.6. The Hall–Kier alpha value is -8.00. The Balaban J connectivity index is 0.956. The Labute approximate surface area is 362 Å². The number of para-hydroxylation sites is 4. The third-order valence-electron chi connectivity index (χ3n) is 11.7. The van der Waals surface area contributed by atoms with Gasteiger partial charge < -0.3 is 28.6 Å². The average molecular weight is 820 g/mol. The Kier molecular flexibility index (Phi) is 8.47. The summed E-state index contributed by atoms with van der Waals surface area (Å²) in [5.41, 5.74) is 9.24. The number of fused-ring (bicyclic) bond motifs is 8. The smallest absolute Gasteiger partial charge is 0.212 e. The van der Waals surface area contributed by atoms with Crippen molar-refractivity contribution in [3.63, 3.8) is 0 Å². The molecule has 0 unspecified atom stereocenters. The van der Waals surface area contributed by atoms with Gasteiger partial charge >= 0.3 is 0 Å². The van der Waals surface area contributed by atoms with Crippen molar-refractivity contribution in [2.75, 3.05) is 16.9 Å². The fourth-order valence-corrected chi connectivity index (χ4v) is 9.99. The van der Waals surface area contributed by atoms with E-state index in [2.05, 4.69) is 184 Å². The monoisotopic (exact) mass is 819 g/mol. The maximum Gasteiger partial charge on any atom is 0.212 e. The number of benzene rings is 9. The van der Waals surface area contributed by atoms with Crippen molar-refractivity contribution in [1.29, 1.82) is 0 Å². The van der Waals surface area contributed by atoms with E-state index in [0.717, 1.165) is 50.8 Å². The van der Waals surface area contributed by atoms with Gasteiger partial charge in [0.25, 0.3) is 0 Å². The Morgan fingerprint density at radius 1 is 0.403 bits per heavy atom. The Bertz CT molecular complexity index is 3470. The summed E-state index contributed by atoms with van der Waals surface area (Å²) in [5, 5.41) is 4.88. The van der Waals surface area contributed by atoms with Gasteiger partial charge in [-0.1, -0.05) is 97.1 Å². The highest BCUT2D eigenvalue weighted by molar-refractivity contribution is 7.25. The quantitative estimate of drug-likeness (QED) is 0.153. The Morgan fingerprint density at radius 2 is 0.984 bits per heavy atom. The van der Waals surface area contributed by atoms with E-state index in [-0.39, 0.29) is 0 Å². The molecule has 0 bridgehead atoms. The maximum absolute atomic E-state index is 6.78. The van der Waals surface area contributed by atoms with Crippen molar-refractivity contribution in [2.45, 2.75) is 0 Å². The van der Waals surface area contributed by atoms with E-state index in [0.29, 0.717) is 28.7 Å². The molecule has 0 N–H and O–H groups in total. The molecule has 0 atom stereocenters. The number of aromatic nitrogens is 1. The zero-order valence-corrected chi connectivity index (χ0v) is 34.4. The van der Waals surface area contributed by atoms with Crippen LogP contribution in [0.25, 0.3) is 47.7 Å². The van der Waals surface area contributed by atoms with E-state index in [9.17, 15) is 0 Å². The fraction of sp³-hybridized carbons (Fsp3) is 0.0182. The van der Waals surface area contributed by atoms with Gasteiger partial charge in [-0.05, 0) is 91.0 Å². The van der Waals surface area contributed by atoms with E-state index >= 15 is 0 Å². The van der Waals surface area contributed by atoms with E-state index < -0.39 is 0 Å². The second-order valence-corrected chi connectivity index (χ2v) is 16.4. The lowest BCUT2D eigenvalue weighted by atomic mass is 10.1. The number of nitrogens with zero attached hydrogens (tertiary/aromatic N) is 3. The molecule has 0 spiro atoms. The molecule has 12 rings (SSSR count). The molecule has 0 saturated carbocycles. The number of rotatable bonds is 8. The molecule has 0 radical (unpaired) electrons. The van der Waals surface area contributed by atoms with Crippen LogP contribution in [-0.4, -0.2) is 11.7 Å². The topological polar surface area (TPSA) is 39.1 Å². The zero-order chi connectivity index (χ0) is 41.1. The highest BCUT2D eigenvalue weighted by Gasteiger charge is 2.28. The minimum Gasteiger partial charge on any atom is -0.493 e. The predicted molar refractivity (Wildman–Crippen MR) is 256 cm³/mol. The molecule has 9 aromatic carbocycles. The SMILES string of the molecule is COc1cc(N(c2ccccc2)c2ccc3c4ccccc4n(-c4ccccc4)c3c2)cc2c1Oc1cc(N(c3ccccc3)c3ccc4sc5ccccc5c4c3)ccc1O2. The van der Waals surface area contributed by atoms with Gasteiger partial charge in [-0.15, -0.1) is 11.3 Å². The van der Waals surface area contributed by atoms with Crippen LogP contribution in [0.15, 0.2) is 206 Å². The van der Waals surface area contributed by atoms with Crippen LogP contribution in [-0.2, 0) is 0 Å². The first kappa shape index (κ1) is 35.9. The summed E-state index contributed by atoms with van der Waals surface area (Å²) in [6.45, 7) is 0. The number of hydrogen-bond acceptors (Lipinski definition) is 6. The normalized spacial score (nSPS) is 11.9. The highest BCUT2D eigenvalue weighted by atomic mass is 32.1. The van der Waals surface area contributed by atoms with E-state index in [1.54, 1.807) is 7.11 Å². The molecule has 0 aliphatic carbocycles. The standard InChI is InChI=1S/C55H37N3O3S/c1-59-51-34-42(57(37-17-7-3-8-18-37)40-25-28-44-43-21-11-13-23-47(43)58(48(44)32-40)38-19-9-4-10-20-38)35-52-55(51)61-50-33-41(26-29-49(50)60-52)56(36-15-5-2-6-16-36)39-27-30-54-46(31-39)45-22-12-14-24-53(45)62-54/h2-35H,1H3. The van der Waals surface area contributed by atoms with Crippen LogP contribution >= 0.6 is 11.3 Å². The third kappa shape index (κ3) is 5.93. The zero-order valence-electron chi connectivity index (χ0n) is 33.6. The lowest BCUT2D eigenvalue weighted by Crippen LogP contribution is -2.12. The van der Waals surface area contributed by atoms with Gasteiger partial charge in [-0.25, -0.2) is 0 Å². The first-order chi connectivity index (χ1) is 30.7. The number of ether oxygens (including phenoxy) is 3. The van der Waals surface area contributed by atoms with Gasteiger partial charge in [0.2, 0.25) is 5.75 Å². The number of thiophene rings is 1. The predicted octanol–water partition coefficient (Wildman–Crippen LogP) is 16.0. The summed E-state index contributed by atoms with van der Waals surface area (Å²) < 4.78 is 24.5. The van der Waals surface area contributed by atoms with E-state index in [4.69, 9.17) is 14.2 Å². The van der Waals surface area contributed by atoms with Crippen molar-refractivity contribution >= 4 is 87.4 Å². The van der Waals surface area contributed by atoms with Crippen LogP contribution in [0.1, 0.15) is 0 Å². The highest BCUT2D eigenvalue weighted by Crippen LogP contribution is 2.54. The molecule has 6 nitrogen and oxygen atoms in total. The van der Waals surface area contributed by atoms with Crippen LogP contribution in [0.2, 0.25) is 0 Å². The molecule has 1 aliphatic heterocycles. The van der Waals surface area contributed by atoms with E-state index in [1.807, 2.05) is 47.7 Å². The molecule has 0 saturated heterocycles. The van der Waals surface area contributed by atoms with Crippen molar-refractivity contribution in [3.05, 3.63) is 206 Å². The molecule has 62 heavy (non-hydrogen) atoms. The van der Waals surface area contributed by atoms with E-state index in [1.165, 1.54) is 30.9 Å². The van der Waals surface area contributed by atoms with Crippen molar-refractivity contribution < 1.29 is 14.2 Å². The fourth-order valence-electron chi connectivity index (χ4n) is 8.90. The molecule has 0 amide bonds. The molecule has 0 fully saturated rings. The first-order valence-corrected chi connectivity index (χ1v) is 21.4. The molecule has 11 aromatic rings. The number of hydrogen-bond donors (Lipinski definition) is 0. The van der Waals surface area contributed by atoms with Gasteiger partial charge in [-0.3, -0.25) is 0 Å². The molecule has 296 valence electrons. The van der Waals surface area contributed by atoms with Crippen LogP contribution in [0.3, 0.4) is 0 Å². The van der Waals surface area contributed by atoms with Gasteiger partial charge in [0, 0.05) is 77.6 Å². The largest absolute Gasteiger partial charge is 0.493 e. The van der Waals surface area contributed by atoms with Gasteiger partial charge in [0.15, 0.2) is 23.0 Å². The molecular formula is C55H37N3O3S. The van der Waals surface area contributed by atoms with Crippen LogP contribution in [0.5, 0.6) is 28.7 Å². The average Bonchev–Trinajstić information content (AvgIpc) is 3.87. The van der Waals surface area contributed by atoms with Crippen LogP contribution < -0.4 is 24.0 Å². The summed E-state index contributed by atoms with van der Waals surface area (Å²) in [4.78, 5) is 4.50. The second-order valence-electron chi connectivity index (χ2n) is 15.3. The van der Waals surface area contributed by atoms with Crippen molar-refractivity contribution in [2.24, 2.45) is 0 Å². The minimum absolute atomic E-state index is 0.519. The van der Waals surface area contributed by atoms with Crippen molar-refractivity contribution in [3.8, 4) is 34.4 Å². The molecule has 1 aliphatic rings. The minimum atomic E-state index is 0.519. The second kappa shape index (κ2) is 14.6. The summed E-state index contributed by atoms with van der Waals surface area (Å²) >= 11 is 1.82. The summed E-state index contributed by atoms with van der Waals surface area (Å²) in [5.74, 6) is 2.86. The Morgan fingerprint density at radius 3 is 1.76 bits per heavy atom. The molecule has 2 aromatic heterocycles. The molecule has 7 heteroatoms. The summed E-state index contributed by atoms with van der Waals surface area (Å²) in [6.07, 6.45) is 0. The van der Waals surface area contributed by atoms with Crippen LogP contribution in [0.4, 0.5) is 34.1 Å². The van der Waals surface area contributed by atoms with Gasteiger partial charge in [-0.2, -0.15) is 0 Å². The van der Waals surface area contributed by atoms with Crippen LogP contribution in [0, 0.1) is 0 Å². The number of anilines is 6. The lowest BCUT2D eigenvalue weighted by Gasteiger charge is -2.30. The summed E-state index contributed by atoms with van der Waals surface area (Å²) in [6, 6.07) is 72.1. The maximum atomic E-state index is 6.78. The van der Waals surface area contributed by atoms with Gasteiger partial charge in [0.05, 0.1) is 29.5 Å². The van der Waals surface area contributed by atoms with Gasteiger partial charge in [0.1, 0.15) is 0 Å². The lowest BCUT2D eigenvalue weighted by molar-refractivity contribution is 0.329. The van der Waals surface area contributed by atoms with Crippen molar-refractivity contribution in [1.82, 2.24) is 4.57 Å². The number of methoxy groups -OCH3 is 1. The third-order valence-corrected chi connectivity index (χ3v) is 12.8.